The summed E-state index contributed by atoms with van der Waals surface area (Å²) in [6.07, 6.45) is 0. The molecule has 1 atom stereocenters. The van der Waals surface area contributed by atoms with Gasteiger partial charge in [0.15, 0.2) is 0 Å². The molecule has 0 saturated carbocycles. The van der Waals surface area contributed by atoms with E-state index in [0.717, 1.165) is 26.7 Å². The molecule has 2 N–H and O–H groups in total. The first-order valence-electron chi connectivity index (χ1n) is 10.8. The van der Waals surface area contributed by atoms with Crippen LogP contribution in [-0.2, 0) is 19.9 Å². The van der Waals surface area contributed by atoms with Gasteiger partial charge in [-0.1, -0.05) is 42.5 Å². The van der Waals surface area contributed by atoms with Crippen LogP contribution in [-0.4, -0.2) is 41.9 Å². The van der Waals surface area contributed by atoms with Crippen molar-refractivity contribution in [2.45, 2.75) is 19.4 Å². The maximum absolute atomic E-state index is 13.3. The minimum Gasteiger partial charge on any atom is -0.462 e. The number of benzene rings is 2. The van der Waals surface area contributed by atoms with Crippen LogP contribution in [0.15, 0.2) is 60.7 Å². The van der Waals surface area contributed by atoms with Crippen LogP contribution in [0.5, 0.6) is 0 Å². The Morgan fingerprint density at radius 2 is 1.80 bits per heavy atom. The van der Waals surface area contributed by atoms with Gasteiger partial charge in [0.2, 0.25) is 5.91 Å². The summed E-state index contributed by atoms with van der Waals surface area (Å²) in [6.45, 7) is 2.76. The summed E-state index contributed by atoms with van der Waals surface area (Å²) >= 11 is 1.16. The predicted molar refractivity (Wildman–Crippen MR) is 128 cm³/mol. The number of nitrogens with one attached hydrogen (secondary N) is 2. The summed E-state index contributed by atoms with van der Waals surface area (Å²) in [4.78, 5) is 52.7. The number of rotatable bonds is 7. The summed E-state index contributed by atoms with van der Waals surface area (Å²) in [6, 6.07) is 15.4. The zero-order chi connectivity index (χ0) is 25.2. The third kappa shape index (κ3) is 4.78. The van der Waals surface area contributed by atoms with E-state index in [1.807, 2.05) is 30.3 Å². The number of hydrogen-bond acceptors (Lipinski definition) is 6. The minimum atomic E-state index is -1.44. The van der Waals surface area contributed by atoms with Crippen molar-refractivity contribution in [3.05, 3.63) is 76.9 Å². The molecule has 1 aliphatic rings. The maximum atomic E-state index is 13.3. The normalized spacial score (nSPS) is 17.3. The number of halogens is 1. The Labute approximate surface area is 204 Å². The Hall–Kier alpha value is -4.05. The van der Waals surface area contributed by atoms with E-state index in [4.69, 9.17) is 4.74 Å². The molecule has 1 aromatic heterocycles. The predicted octanol–water partition coefficient (Wildman–Crippen LogP) is 4.14. The van der Waals surface area contributed by atoms with E-state index >= 15 is 0 Å². The third-order valence-corrected chi connectivity index (χ3v) is 6.69. The van der Waals surface area contributed by atoms with Crippen LogP contribution in [0.1, 0.15) is 29.1 Å². The molecule has 0 spiro atoms. The lowest BCUT2D eigenvalue weighted by atomic mass is 9.92. The quantitative estimate of drug-likeness (QED) is 0.379. The SMILES string of the molecule is CCOC(=O)c1sc(-c2ccccc2)cc1NC(=O)CN1C(=O)NC(C)(c2ccc(F)cc2)C1=O. The molecule has 1 saturated heterocycles. The second kappa shape index (κ2) is 9.67. The van der Waals surface area contributed by atoms with Gasteiger partial charge >= 0.3 is 12.0 Å². The molecular weight excluding hydrogens is 473 g/mol. The summed E-state index contributed by atoms with van der Waals surface area (Å²) in [5, 5.41) is 5.20. The van der Waals surface area contributed by atoms with Crippen molar-refractivity contribution in [2.24, 2.45) is 0 Å². The zero-order valence-corrected chi connectivity index (χ0v) is 19.8. The molecule has 0 radical (unpaired) electrons. The van der Waals surface area contributed by atoms with Gasteiger partial charge in [-0.2, -0.15) is 0 Å². The second-order valence-electron chi connectivity index (χ2n) is 7.94. The van der Waals surface area contributed by atoms with Gasteiger partial charge in [0, 0.05) is 4.88 Å². The number of anilines is 1. The lowest BCUT2D eigenvalue weighted by molar-refractivity contribution is -0.133. The number of esters is 1. The first-order chi connectivity index (χ1) is 16.7. The molecular formula is C25H22FN3O5S. The lowest BCUT2D eigenvalue weighted by Gasteiger charge is -2.22. The van der Waals surface area contributed by atoms with Crippen molar-refractivity contribution in [1.29, 1.82) is 0 Å². The molecule has 4 amide bonds. The van der Waals surface area contributed by atoms with Crippen molar-refractivity contribution in [3.63, 3.8) is 0 Å². The molecule has 1 aliphatic heterocycles. The monoisotopic (exact) mass is 495 g/mol. The molecule has 10 heteroatoms. The molecule has 3 aromatic rings. The fraction of sp³-hybridized carbons (Fsp3) is 0.200. The molecule has 180 valence electrons. The number of urea groups is 1. The fourth-order valence-corrected chi connectivity index (χ4v) is 4.74. The lowest BCUT2D eigenvalue weighted by Crippen LogP contribution is -2.42. The highest BCUT2D eigenvalue weighted by Gasteiger charge is 2.49. The molecule has 0 bridgehead atoms. The first kappa shape index (κ1) is 24.1. The molecule has 2 heterocycles. The van der Waals surface area contributed by atoms with Crippen LogP contribution in [0.3, 0.4) is 0 Å². The Morgan fingerprint density at radius 3 is 2.46 bits per heavy atom. The Balaban J connectivity index is 1.54. The number of carbonyl (C=O) groups is 4. The molecule has 1 unspecified atom stereocenters. The van der Waals surface area contributed by atoms with E-state index in [2.05, 4.69) is 10.6 Å². The first-order valence-corrected chi connectivity index (χ1v) is 11.6. The maximum Gasteiger partial charge on any atom is 0.350 e. The van der Waals surface area contributed by atoms with Gasteiger partial charge < -0.3 is 15.4 Å². The van der Waals surface area contributed by atoms with E-state index < -0.39 is 41.7 Å². The highest BCUT2D eigenvalue weighted by molar-refractivity contribution is 7.18. The minimum absolute atomic E-state index is 0.162. The number of ether oxygens (including phenoxy) is 1. The fourth-order valence-electron chi connectivity index (χ4n) is 3.73. The highest BCUT2D eigenvalue weighted by atomic mass is 32.1. The average molecular weight is 496 g/mol. The van der Waals surface area contributed by atoms with Gasteiger partial charge in [-0.25, -0.2) is 14.0 Å². The van der Waals surface area contributed by atoms with E-state index in [-0.39, 0.29) is 17.2 Å². The Morgan fingerprint density at radius 1 is 1.11 bits per heavy atom. The number of amides is 4. The van der Waals surface area contributed by atoms with Crippen LogP contribution in [0.25, 0.3) is 10.4 Å². The number of nitrogens with zero attached hydrogens (tertiary/aromatic N) is 1. The third-order valence-electron chi connectivity index (χ3n) is 5.52. The van der Waals surface area contributed by atoms with Crippen LogP contribution in [0.4, 0.5) is 14.9 Å². The summed E-state index contributed by atoms with van der Waals surface area (Å²) < 4.78 is 18.4. The van der Waals surface area contributed by atoms with Crippen LogP contribution < -0.4 is 10.6 Å². The average Bonchev–Trinajstić information content (AvgIpc) is 3.35. The Kier molecular flexibility index (Phi) is 6.65. The number of imide groups is 1. The van der Waals surface area contributed by atoms with Gasteiger partial charge in [0.05, 0.1) is 12.3 Å². The number of thiophene rings is 1. The molecule has 4 rings (SSSR count). The highest BCUT2D eigenvalue weighted by Crippen LogP contribution is 2.35. The van der Waals surface area contributed by atoms with Crippen molar-refractivity contribution < 1.29 is 28.3 Å². The number of carbonyl (C=O) groups excluding carboxylic acids is 4. The van der Waals surface area contributed by atoms with Gasteiger partial charge in [-0.3, -0.25) is 14.5 Å². The summed E-state index contributed by atoms with van der Waals surface area (Å²) in [5.74, 6) is -2.38. The van der Waals surface area contributed by atoms with Gasteiger partial charge in [0.25, 0.3) is 5.91 Å². The molecule has 8 nitrogen and oxygen atoms in total. The zero-order valence-electron chi connectivity index (χ0n) is 19.0. The standard InChI is InChI=1S/C25H22FN3O5S/c1-3-34-22(31)21-18(13-19(35-21)15-7-5-4-6-8-15)27-20(30)14-29-23(32)25(2,28-24(29)33)16-9-11-17(26)12-10-16/h4-13H,3,14H2,1-2H3,(H,27,30)(H,28,33). The summed E-state index contributed by atoms with van der Waals surface area (Å²) in [7, 11) is 0. The van der Waals surface area contributed by atoms with Gasteiger partial charge in [-0.05, 0) is 43.2 Å². The van der Waals surface area contributed by atoms with Crippen molar-refractivity contribution in [3.8, 4) is 10.4 Å². The Bertz CT molecular complexity index is 1290. The van der Waals surface area contributed by atoms with Crippen LogP contribution in [0, 0.1) is 5.82 Å². The largest absolute Gasteiger partial charge is 0.462 e. The molecule has 2 aromatic carbocycles. The summed E-state index contributed by atoms with van der Waals surface area (Å²) in [5.41, 5.74) is 0.0257. The van der Waals surface area contributed by atoms with Crippen LogP contribution >= 0.6 is 11.3 Å². The van der Waals surface area contributed by atoms with E-state index in [0.29, 0.717) is 5.56 Å². The van der Waals surface area contributed by atoms with E-state index in [9.17, 15) is 23.6 Å². The topological polar surface area (TPSA) is 105 Å². The van der Waals surface area contributed by atoms with Gasteiger partial charge in [0.1, 0.15) is 22.8 Å². The molecule has 35 heavy (non-hydrogen) atoms. The van der Waals surface area contributed by atoms with Gasteiger partial charge in [-0.15, -0.1) is 11.3 Å². The van der Waals surface area contributed by atoms with E-state index in [1.54, 1.807) is 13.0 Å². The van der Waals surface area contributed by atoms with Crippen molar-refractivity contribution in [1.82, 2.24) is 10.2 Å². The van der Waals surface area contributed by atoms with E-state index in [1.165, 1.54) is 31.2 Å². The second-order valence-corrected chi connectivity index (χ2v) is 8.99. The number of hydrogen-bond donors (Lipinski definition) is 2. The smallest absolute Gasteiger partial charge is 0.350 e. The molecule has 0 aliphatic carbocycles. The van der Waals surface area contributed by atoms with Crippen LogP contribution in [0.2, 0.25) is 0 Å². The molecule has 1 fully saturated rings. The van der Waals surface area contributed by atoms with Crippen molar-refractivity contribution in [2.75, 3.05) is 18.5 Å². The van der Waals surface area contributed by atoms with Crippen molar-refractivity contribution >= 4 is 40.8 Å².